The molecule has 2 aromatic heterocycles. The van der Waals surface area contributed by atoms with Crippen molar-refractivity contribution in [2.45, 2.75) is 24.3 Å². The number of benzene rings is 1. The Hall–Kier alpha value is -3.00. The summed E-state index contributed by atoms with van der Waals surface area (Å²) in [7, 11) is -3.52. The number of fused-ring (bicyclic) bond motifs is 2. The highest BCUT2D eigenvalue weighted by Gasteiger charge is 2.26. The number of sulfone groups is 1. The third kappa shape index (κ3) is 3.43. The Bertz CT molecular complexity index is 1200. The minimum absolute atomic E-state index is 0.116. The van der Waals surface area contributed by atoms with E-state index in [9.17, 15) is 18.0 Å². The summed E-state index contributed by atoms with van der Waals surface area (Å²) in [6, 6.07) is 13.4. The molecule has 0 spiro atoms. The van der Waals surface area contributed by atoms with Gasteiger partial charge in [0.1, 0.15) is 5.65 Å². The van der Waals surface area contributed by atoms with E-state index in [2.05, 4.69) is 4.98 Å². The number of nitrogens with zero attached hydrogens (tertiary/aromatic N) is 3. The number of aromatic nitrogens is 2. The molecule has 28 heavy (non-hydrogen) atoms. The molecule has 7 nitrogen and oxygen atoms in total. The number of amides is 1. The van der Waals surface area contributed by atoms with E-state index in [1.165, 1.54) is 16.5 Å². The van der Waals surface area contributed by atoms with Crippen molar-refractivity contribution in [2.75, 3.05) is 12.3 Å². The minimum atomic E-state index is -3.52. The Morgan fingerprint density at radius 1 is 1.07 bits per heavy atom. The van der Waals surface area contributed by atoms with Crippen molar-refractivity contribution >= 4 is 21.4 Å². The first-order valence-electron chi connectivity index (χ1n) is 9.00. The molecule has 0 saturated carbocycles. The highest BCUT2D eigenvalue weighted by molar-refractivity contribution is 7.91. The summed E-state index contributed by atoms with van der Waals surface area (Å²) in [6.07, 6.45) is 2.01. The van der Waals surface area contributed by atoms with E-state index in [1.807, 2.05) is 6.07 Å². The normalized spacial score (nSPS) is 14.1. The highest BCUT2D eigenvalue weighted by atomic mass is 32.2. The van der Waals surface area contributed by atoms with Crippen molar-refractivity contribution < 1.29 is 13.2 Å². The topological polar surface area (TPSA) is 88.8 Å². The second-order valence-electron chi connectivity index (χ2n) is 6.72. The summed E-state index contributed by atoms with van der Waals surface area (Å²) in [5, 5.41) is 0. The van der Waals surface area contributed by atoms with Gasteiger partial charge in [0.05, 0.1) is 28.5 Å². The molecule has 0 N–H and O–H groups in total. The second-order valence-corrected chi connectivity index (χ2v) is 8.83. The van der Waals surface area contributed by atoms with E-state index in [-0.39, 0.29) is 35.1 Å². The van der Waals surface area contributed by atoms with Crippen molar-refractivity contribution in [3.8, 4) is 0 Å². The van der Waals surface area contributed by atoms with Crippen LogP contribution in [0, 0.1) is 0 Å². The molecule has 1 aliphatic rings. The van der Waals surface area contributed by atoms with Gasteiger partial charge in [0, 0.05) is 25.6 Å². The SMILES string of the molecule is O=C(CCS(=O)(=O)c1ccccc1)N1CCc2nc3ccccn3c(=O)c2C1. The Balaban J connectivity index is 1.51. The maximum Gasteiger partial charge on any atom is 0.263 e. The first kappa shape index (κ1) is 18.4. The van der Waals surface area contributed by atoms with E-state index in [0.29, 0.717) is 29.9 Å². The van der Waals surface area contributed by atoms with Crippen LogP contribution in [-0.2, 0) is 27.6 Å². The van der Waals surface area contributed by atoms with E-state index < -0.39 is 9.84 Å². The lowest BCUT2D eigenvalue weighted by molar-refractivity contribution is -0.131. The molecular weight excluding hydrogens is 378 g/mol. The molecule has 0 unspecified atom stereocenters. The molecule has 0 atom stereocenters. The van der Waals surface area contributed by atoms with Crippen LogP contribution in [0.4, 0.5) is 0 Å². The molecule has 1 amide bonds. The quantitative estimate of drug-likeness (QED) is 0.665. The fourth-order valence-electron chi connectivity index (χ4n) is 3.39. The molecule has 0 radical (unpaired) electrons. The molecule has 0 aliphatic carbocycles. The molecule has 144 valence electrons. The lowest BCUT2D eigenvalue weighted by Crippen LogP contribution is -2.40. The van der Waals surface area contributed by atoms with Gasteiger partial charge in [-0.1, -0.05) is 24.3 Å². The van der Waals surface area contributed by atoms with Crippen LogP contribution in [0.2, 0.25) is 0 Å². The van der Waals surface area contributed by atoms with Crippen LogP contribution in [-0.4, -0.2) is 40.9 Å². The minimum Gasteiger partial charge on any atom is -0.338 e. The molecule has 0 bridgehead atoms. The van der Waals surface area contributed by atoms with Crippen LogP contribution in [0.25, 0.3) is 5.65 Å². The van der Waals surface area contributed by atoms with Gasteiger partial charge in [0.15, 0.2) is 9.84 Å². The summed E-state index contributed by atoms with van der Waals surface area (Å²) in [5.41, 5.74) is 1.60. The number of carbonyl (C=O) groups is 1. The van der Waals surface area contributed by atoms with Gasteiger partial charge >= 0.3 is 0 Å². The van der Waals surface area contributed by atoms with Crippen molar-refractivity contribution in [1.29, 1.82) is 0 Å². The predicted octanol–water partition coefficient (Wildman–Crippen LogP) is 1.44. The van der Waals surface area contributed by atoms with Crippen molar-refractivity contribution in [3.05, 3.63) is 76.3 Å². The predicted molar refractivity (Wildman–Crippen MR) is 104 cm³/mol. The van der Waals surface area contributed by atoms with Gasteiger partial charge in [-0.15, -0.1) is 0 Å². The van der Waals surface area contributed by atoms with Crippen molar-refractivity contribution in [3.63, 3.8) is 0 Å². The standard InChI is InChI=1S/C20H19N3O4S/c24-19(10-13-28(26,27)15-6-2-1-3-7-15)22-12-9-17-16(14-22)20(25)23-11-5-4-8-18(23)21-17/h1-8,11H,9-10,12-14H2. The number of rotatable bonds is 4. The van der Waals surface area contributed by atoms with Crippen molar-refractivity contribution in [2.24, 2.45) is 0 Å². The summed E-state index contributed by atoms with van der Waals surface area (Å²) in [4.78, 5) is 31.6. The largest absolute Gasteiger partial charge is 0.338 e. The van der Waals surface area contributed by atoms with E-state index in [0.717, 1.165) is 0 Å². The van der Waals surface area contributed by atoms with E-state index in [1.54, 1.807) is 41.4 Å². The highest BCUT2D eigenvalue weighted by Crippen LogP contribution is 2.17. The lowest BCUT2D eigenvalue weighted by atomic mass is 10.1. The van der Waals surface area contributed by atoms with Gasteiger partial charge in [-0.05, 0) is 24.3 Å². The van der Waals surface area contributed by atoms with Crippen LogP contribution in [0.3, 0.4) is 0 Å². The molecular formula is C20H19N3O4S. The number of carbonyl (C=O) groups excluding carboxylic acids is 1. The fraction of sp³-hybridized carbons (Fsp3) is 0.250. The van der Waals surface area contributed by atoms with Gasteiger partial charge in [0.25, 0.3) is 5.56 Å². The van der Waals surface area contributed by atoms with Gasteiger partial charge < -0.3 is 4.90 Å². The van der Waals surface area contributed by atoms with Gasteiger partial charge in [-0.2, -0.15) is 0 Å². The Morgan fingerprint density at radius 3 is 2.61 bits per heavy atom. The number of pyridine rings is 1. The van der Waals surface area contributed by atoms with Crippen LogP contribution in [0.1, 0.15) is 17.7 Å². The van der Waals surface area contributed by atoms with Crippen LogP contribution in [0.5, 0.6) is 0 Å². The van der Waals surface area contributed by atoms with E-state index in [4.69, 9.17) is 0 Å². The zero-order valence-corrected chi connectivity index (χ0v) is 15.9. The van der Waals surface area contributed by atoms with E-state index >= 15 is 0 Å². The van der Waals surface area contributed by atoms with Gasteiger partial charge in [0.2, 0.25) is 5.91 Å². The third-order valence-corrected chi connectivity index (χ3v) is 6.65. The Morgan fingerprint density at radius 2 is 1.82 bits per heavy atom. The zero-order chi connectivity index (χ0) is 19.7. The summed E-state index contributed by atoms with van der Waals surface area (Å²) in [6.45, 7) is 0.579. The van der Waals surface area contributed by atoms with Crippen LogP contribution < -0.4 is 5.56 Å². The third-order valence-electron chi connectivity index (χ3n) is 4.92. The smallest absolute Gasteiger partial charge is 0.263 e. The Labute approximate surface area is 162 Å². The molecule has 1 aromatic carbocycles. The monoisotopic (exact) mass is 397 g/mol. The first-order chi connectivity index (χ1) is 13.5. The fourth-order valence-corrected chi connectivity index (χ4v) is 4.64. The second kappa shape index (κ2) is 7.20. The first-order valence-corrected chi connectivity index (χ1v) is 10.7. The molecule has 3 heterocycles. The van der Waals surface area contributed by atoms with Gasteiger partial charge in [-0.25, -0.2) is 13.4 Å². The number of hydrogen-bond donors (Lipinski definition) is 0. The Kier molecular flexibility index (Phi) is 4.72. The van der Waals surface area contributed by atoms with Gasteiger partial charge in [-0.3, -0.25) is 14.0 Å². The maximum absolute atomic E-state index is 12.7. The number of hydrogen-bond acceptors (Lipinski definition) is 5. The molecule has 0 fully saturated rings. The average Bonchev–Trinajstić information content (AvgIpc) is 2.73. The molecule has 3 aromatic rings. The molecule has 8 heteroatoms. The lowest BCUT2D eigenvalue weighted by Gasteiger charge is -2.28. The molecule has 0 saturated heterocycles. The van der Waals surface area contributed by atoms with Crippen LogP contribution in [0.15, 0.2) is 64.4 Å². The molecule has 1 aliphatic heterocycles. The summed E-state index contributed by atoms with van der Waals surface area (Å²) in [5.74, 6) is -0.531. The summed E-state index contributed by atoms with van der Waals surface area (Å²) >= 11 is 0. The summed E-state index contributed by atoms with van der Waals surface area (Å²) < 4.78 is 26.2. The maximum atomic E-state index is 12.7. The zero-order valence-electron chi connectivity index (χ0n) is 15.1. The van der Waals surface area contributed by atoms with Crippen molar-refractivity contribution in [1.82, 2.24) is 14.3 Å². The molecule has 4 rings (SSSR count). The average molecular weight is 397 g/mol. The van der Waals surface area contributed by atoms with Crippen LogP contribution >= 0.6 is 0 Å².